The van der Waals surface area contributed by atoms with E-state index < -0.39 is 0 Å². The average Bonchev–Trinajstić information content (AvgIpc) is 2.67. The fourth-order valence-corrected chi connectivity index (χ4v) is 1.95. The maximum Gasteiger partial charge on any atom is 0.270 e. The number of aryl methyl sites for hydroxylation is 1. The smallest absolute Gasteiger partial charge is 0.270 e. The highest BCUT2D eigenvalue weighted by Gasteiger charge is 2.12. The molecular weight excluding hydrogens is 228 g/mol. The average molecular weight is 246 g/mol. The van der Waals surface area contributed by atoms with E-state index in [4.69, 9.17) is 0 Å². The fraction of sp³-hybridized carbons (Fsp3) is 0.429. The van der Waals surface area contributed by atoms with Crippen LogP contribution in [-0.2, 0) is 6.54 Å². The summed E-state index contributed by atoms with van der Waals surface area (Å²) in [5.41, 5.74) is 1.50. The maximum atomic E-state index is 10.7. The summed E-state index contributed by atoms with van der Waals surface area (Å²) in [5.74, 6) is 0. The zero-order chi connectivity index (χ0) is 13.3. The van der Waals surface area contributed by atoms with Gasteiger partial charge in [-0.3, -0.25) is 10.1 Å². The molecule has 0 radical (unpaired) electrons. The van der Waals surface area contributed by atoms with E-state index in [0.29, 0.717) is 0 Å². The van der Waals surface area contributed by atoms with Crippen LogP contribution >= 0.6 is 0 Å². The Balaban J connectivity index is 2.29. The first-order valence-corrected chi connectivity index (χ1v) is 6.10. The molecule has 0 atom stereocenters. The van der Waals surface area contributed by atoms with Gasteiger partial charge < -0.3 is 4.57 Å². The second-order valence-corrected chi connectivity index (χ2v) is 5.82. The molecule has 2 aromatic rings. The van der Waals surface area contributed by atoms with Crippen LogP contribution in [0.15, 0.2) is 30.5 Å². The Kier molecular flexibility index (Phi) is 3.11. The molecule has 18 heavy (non-hydrogen) atoms. The third kappa shape index (κ3) is 2.70. The van der Waals surface area contributed by atoms with E-state index in [0.717, 1.165) is 23.9 Å². The summed E-state index contributed by atoms with van der Waals surface area (Å²) in [6.07, 6.45) is 3.08. The van der Waals surface area contributed by atoms with Crippen LogP contribution in [0.3, 0.4) is 0 Å². The normalized spacial score (nSPS) is 11.9. The van der Waals surface area contributed by atoms with Crippen molar-refractivity contribution in [2.24, 2.45) is 5.41 Å². The Labute approximate surface area is 106 Å². The molecule has 0 saturated carbocycles. The standard InChI is InChI=1S/C14H18N2O2/c1-14(2,3)7-9-15-8-6-11-10-12(16(17)18)4-5-13(11)15/h4-6,8,10H,7,9H2,1-3H3. The van der Waals surface area contributed by atoms with Crippen molar-refractivity contribution in [2.45, 2.75) is 33.7 Å². The van der Waals surface area contributed by atoms with Gasteiger partial charge in [0, 0.05) is 35.8 Å². The fourth-order valence-electron chi connectivity index (χ4n) is 1.95. The first-order valence-electron chi connectivity index (χ1n) is 6.10. The van der Waals surface area contributed by atoms with Crippen LogP contribution in [0.5, 0.6) is 0 Å². The van der Waals surface area contributed by atoms with Crippen LogP contribution in [-0.4, -0.2) is 9.49 Å². The van der Waals surface area contributed by atoms with E-state index in [1.54, 1.807) is 12.1 Å². The van der Waals surface area contributed by atoms with Gasteiger partial charge in [-0.05, 0) is 24.0 Å². The first kappa shape index (κ1) is 12.6. The van der Waals surface area contributed by atoms with Crippen LogP contribution in [0.2, 0.25) is 0 Å². The number of nitro benzene ring substituents is 1. The molecule has 0 unspecified atom stereocenters. The zero-order valence-corrected chi connectivity index (χ0v) is 11.0. The van der Waals surface area contributed by atoms with E-state index in [1.165, 1.54) is 0 Å². The lowest BCUT2D eigenvalue weighted by Crippen LogP contribution is -2.09. The molecule has 2 rings (SSSR count). The summed E-state index contributed by atoms with van der Waals surface area (Å²) >= 11 is 0. The lowest BCUT2D eigenvalue weighted by atomic mass is 9.92. The Hall–Kier alpha value is -1.84. The number of non-ortho nitro benzene ring substituents is 1. The molecule has 0 aliphatic heterocycles. The first-order chi connectivity index (χ1) is 8.37. The second kappa shape index (κ2) is 4.44. The number of hydrogen-bond acceptors (Lipinski definition) is 2. The molecule has 1 aromatic heterocycles. The molecule has 0 spiro atoms. The summed E-state index contributed by atoms with van der Waals surface area (Å²) in [4.78, 5) is 10.4. The third-order valence-electron chi connectivity index (χ3n) is 3.07. The summed E-state index contributed by atoms with van der Waals surface area (Å²) in [6, 6.07) is 6.96. The molecule has 1 aromatic carbocycles. The molecule has 0 aliphatic carbocycles. The largest absolute Gasteiger partial charge is 0.347 e. The molecule has 0 fully saturated rings. The van der Waals surface area contributed by atoms with Crippen molar-refractivity contribution in [1.82, 2.24) is 4.57 Å². The number of aromatic nitrogens is 1. The van der Waals surface area contributed by atoms with Gasteiger partial charge in [-0.1, -0.05) is 20.8 Å². The third-order valence-corrected chi connectivity index (χ3v) is 3.07. The van der Waals surface area contributed by atoms with Gasteiger partial charge in [-0.15, -0.1) is 0 Å². The minimum absolute atomic E-state index is 0.149. The highest BCUT2D eigenvalue weighted by atomic mass is 16.6. The molecule has 0 bridgehead atoms. The number of nitrogens with zero attached hydrogens (tertiary/aromatic N) is 2. The number of nitro groups is 1. The number of fused-ring (bicyclic) bond motifs is 1. The van der Waals surface area contributed by atoms with Gasteiger partial charge in [0.25, 0.3) is 5.69 Å². The van der Waals surface area contributed by atoms with Crippen LogP contribution in [0.4, 0.5) is 5.69 Å². The van der Waals surface area contributed by atoms with Gasteiger partial charge in [0.15, 0.2) is 0 Å². The lowest BCUT2D eigenvalue weighted by Gasteiger charge is -2.18. The van der Waals surface area contributed by atoms with Crippen molar-refractivity contribution in [3.05, 3.63) is 40.6 Å². The molecule has 0 N–H and O–H groups in total. The lowest BCUT2D eigenvalue weighted by molar-refractivity contribution is -0.384. The summed E-state index contributed by atoms with van der Waals surface area (Å²) in [7, 11) is 0. The molecule has 0 aliphatic rings. The summed E-state index contributed by atoms with van der Waals surface area (Å²) < 4.78 is 2.16. The van der Waals surface area contributed by atoms with Gasteiger partial charge in [0.05, 0.1) is 4.92 Å². The Morgan fingerprint density at radius 1 is 1.28 bits per heavy atom. The van der Waals surface area contributed by atoms with Crippen LogP contribution < -0.4 is 0 Å². The number of benzene rings is 1. The van der Waals surface area contributed by atoms with E-state index in [2.05, 4.69) is 25.3 Å². The van der Waals surface area contributed by atoms with Crippen molar-refractivity contribution in [2.75, 3.05) is 0 Å². The Morgan fingerprint density at radius 3 is 2.61 bits per heavy atom. The topological polar surface area (TPSA) is 48.1 Å². The Morgan fingerprint density at radius 2 is 2.00 bits per heavy atom. The van der Waals surface area contributed by atoms with E-state index in [-0.39, 0.29) is 16.0 Å². The SMILES string of the molecule is CC(C)(C)CCn1ccc2cc([N+](=O)[O-])ccc21. The summed E-state index contributed by atoms with van der Waals surface area (Å²) in [5, 5.41) is 11.6. The Bertz CT molecular complexity index is 579. The van der Waals surface area contributed by atoms with Gasteiger partial charge in [-0.25, -0.2) is 0 Å². The van der Waals surface area contributed by atoms with Crippen LogP contribution in [0, 0.1) is 15.5 Å². The van der Waals surface area contributed by atoms with Crippen molar-refractivity contribution < 1.29 is 4.92 Å². The van der Waals surface area contributed by atoms with Gasteiger partial charge in [0.2, 0.25) is 0 Å². The van der Waals surface area contributed by atoms with E-state index in [1.807, 2.05) is 18.3 Å². The van der Waals surface area contributed by atoms with Gasteiger partial charge in [0.1, 0.15) is 0 Å². The minimum Gasteiger partial charge on any atom is -0.347 e. The predicted octanol–water partition coefficient (Wildman–Crippen LogP) is 3.99. The quantitative estimate of drug-likeness (QED) is 0.607. The zero-order valence-electron chi connectivity index (χ0n) is 11.0. The number of hydrogen-bond donors (Lipinski definition) is 0. The van der Waals surface area contributed by atoms with Crippen molar-refractivity contribution >= 4 is 16.6 Å². The summed E-state index contributed by atoms with van der Waals surface area (Å²) in [6.45, 7) is 7.57. The van der Waals surface area contributed by atoms with E-state index >= 15 is 0 Å². The monoisotopic (exact) mass is 246 g/mol. The van der Waals surface area contributed by atoms with Gasteiger partial charge in [-0.2, -0.15) is 0 Å². The van der Waals surface area contributed by atoms with E-state index in [9.17, 15) is 10.1 Å². The molecule has 0 amide bonds. The molecule has 4 nitrogen and oxygen atoms in total. The highest BCUT2D eigenvalue weighted by Crippen LogP contribution is 2.24. The molecule has 4 heteroatoms. The highest BCUT2D eigenvalue weighted by molar-refractivity contribution is 5.82. The van der Waals surface area contributed by atoms with Crippen LogP contribution in [0.25, 0.3) is 10.9 Å². The van der Waals surface area contributed by atoms with Crippen LogP contribution in [0.1, 0.15) is 27.2 Å². The molecule has 0 saturated heterocycles. The minimum atomic E-state index is -0.355. The molecular formula is C14H18N2O2. The maximum absolute atomic E-state index is 10.7. The molecule has 1 heterocycles. The van der Waals surface area contributed by atoms with Crippen molar-refractivity contribution in [1.29, 1.82) is 0 Å². The van der Waals surface area contributed by atoms with Crippen molar-refractivity contribution in [3.63, 3.8) is 0 Å². The number of rotatable bonds is 3. The predicted molar refractivity (Wildman–Crippen MR) is 72.7 cm³/mol. The second-order valence-electron chi connectivity index (χ2n) is 5.82. The molecule has 96 valence electrons. The van der Waals surface area contributed by atoms with Crippen molar-refractivity contribution in [3.8, 4) is 0 Å². The van der Waals surface area contributed by atoms with Gasteiger partial charge >= 0.3 is 0 Å².